The molecule has 3 aromatic rings. The molecule has 0 unspecified atom stereocenters. The summed E-state index contributed by atoms with van der Waals surface area (Å²) >= 11 is 0. The Morgan fingerprint density at radius 3 is 2.45 bits per heavy atom. The average molecular weight is 294 g/mol. The summed E-state index contributed by atoms with van der Waals surface area (Å²) in [5, 5.41) is 0.976. The number of aryl methyl sites for hydroxylation is 3. The van der Waals surface area contributed by atoms with Gasteiger partial charge in [-0.25, -0.2) is 0 Å². The Hall–Kier alpha value is -2.55. The lowest BCUT2D eigenvalue weighted by Gasteiger charge is -2.04. The molecule has 0 radical (unpaired) electrons. The summed E-state index contributed by atoms with van der Waals surface area (Å²) in [5.74, 6) is 0.278. The van der Waals surface area contributed by atoms with E-state index in [1.54, 1.807) is 18.4 Å². The molecule has 0 aliphatic carbocycles. The minimum absolute atomic E-state index is 0.198. The molecule has 0 atom stereocenters. The Morgan fingerprint density at radius 1 is 1.05 bits per heavy atom. The zero-order valence-corrected chi connectivity index (χ0v) is 13.0. The van der Waals surface area contributed by atoms with E-state index >= 15 is 0 Å². The van der Waals surface area contributed by atoms with E-state index in [1.165, 1.54) is 11.1 Å². The van der Waals surface area contributed by atoms with Crippen molar-refractivity contribution in [1.29, 1.82) is 0 Å². The van der Waals surface area contributed by atoms with Gasteiger partial charge in [0.15, 0.2) is 0 Å². The zero-order chi connectivity index (χ0) is 15.7. The fourth-order valence-corrected chi connectivity index (χ4v) is 2.40. The van der Waals surface area contributed by atoms with Gasteiger partial charge in [-0.05, 0) is 56.2 Å². The number of fused-ring (bicyclic) bond motifs is 1. The van der Waals surface area contributed by atoms with Crippen LogP contribution in [0, 0.1) is 20.8 Å². The second kappa shape index (κ2) is 5.68. The van der Waals surface area contributed by atoms with Crippen LogP contribution in [-0.4, -0.2) is 5.97 Å². The number of carbonyl (C=O) groups excluding carboxylic acids is 1. The van der Waals surface area contributed by atoms with Gasteiger partial charge in [0.25, 0.3) is 0 Å². The van der Waals surface area contributed by atoms with Crippen LogP contribution in [0.1, 0.15) is 22.3 Å². The molecule has 0 fully saturated rings. The first-order valence-electron chi connectivity index (χ1n) is 7.27. The van der Waals surface area contributed by atoms with Crippen LogP contribution in [0.4, 0.5) is 0 Å². The van der Waals surface area contributed by atoms with Crippen molar-refractivity contribution in [2.45, 2.75) is 27.2 Å². The van der Waals surface area contributed by atoms with Gasteiger partial charge >= 0.3 is 5.97 Å². The molecule has 0 spiro atoms. The van der Waals surface area contributed by atoms with Gasteiger partial charge in [0.2, 0.25) is 0 Å². The lowest BCUT2D eigenvalue weighted by atomic mass is 10.0. The summed E-state index contributed by atoms with van der Waals surface area (Å²) in [7, 11) is 0. The van der Waals surface area contributed by atoms with Crippen LogP contribution in [0.2, 0.25) is 0 Å². The molecule has 22 heavy (non-hydrogen) atoms. The molecule has 0 N–H and O–H groups in total. The van der Waals surface area contributed by atoms with E-state index < -0.39 is 0 Å². The molecule has 0 bridgehead atoms. The molecule has 3 rings (SSSR count). The third-order valence-electron chi connectivity index (χ3n) is 3.86. The van der Waals surface area contributed by atoms with E-state index in [-0.39, 0.29) is 12.4 Å². The number of carbonyl (C=O) groups is 1. The summed E-state index contributed by atoms with van der Waals surface area (Å²) in [5.41, 5.74) is 5.15. The molecular weight excluding hydrogens is 276 g/mol. The van der Waals surface area contributed by atoms with Crippen molar-refractivity contribution in [3.63, 3.8) is 0 Å². The Morgan fingerprint density at radius 2 is 1.73 bits per heavy atom. The fraction of sp³-hybridized carbons (Fsp3) is 0.211. The van der Waals surface area contributed by atoms with Gasteiger partial charge < -0.3 is 9.15 Å². The average Bonchev–Trinajstić information content (AvgIpc) is 2.84. The maximum atomic E-state index is 12.1. The first-order valence-corrected chi connectivity index (χ1v) is 7.27. The molecule has 1 aromatic heterocycles. The highest BCUT2D eigenvalue weighted by molar-refractivity contribution is 5.87. The van der Waals surface area contributed by atoms with Gasteiger partial charge in [0.1, 0.15) is 11.3 Å². The van der Waals surface area contributed by atoms with Gasteiger partial charge in [-0.3, -0.25) is 4.79 Å². The lowest BCUT2D eigenvalue weighted by Crippen LogP contribution is -2.10. The second-order valence-corrected chi connectivity index (χ2v) is 5.66. The molecule has 112 valence electrons. The SMILES string of the molecule is Cc1ccc(OC(=O)Cc2coc3cc(C)c(C)cc23)cc1. The number of ether oxygens (including phenoxy) is 1. The molecule has 0 amide bonds. The highest BCUT2D eigenvalue weighted by Gasteiger charge is 2.13. The summed E-state index contributed by atoms with van der Waals surface area (Å²) in [6.45, 7) is 6.09. The van der Waals surface area contributed by atoms with E-state index in [0.717, 1.165) is 22.1 Å². The zero-order valence-electron chi connectivity index (χ0n) is 13.0. The monoisotopic (exact) mass is 294 g/mol. The van der Waals surface area contributed by atoms with Crippen molar-refractivity contribution < 1.29 is 13.9 Å². The maximum Gasteiger partial charge on any atom is 0.315 e. The van der Waals surface area contributed by atoms with Gasteiger partial charge in [0, 0.05) is 10.9 Å². The van der Waals surface area contributed by atoms with Crippen molar-refractivity contribution in [2.24, 2.45) is 0 Å². The van der Waals surface area contributed by atoms with Crippen molar-refractivity contribution in [1.82, 2.24) is 0 Å². The van der Waals surface area contributed by atoms with E-state index in [2.05, 4.69) is 13.0 Å². The smallest absolute Gasteiger partial charge is 0.315 e. The van der Waals surface area contributed by atoms with Crippen molar-refractivity contribution in [3.05, 3.63) is 64.9 Å². The summed E-state index contributed by atoms with van der Waals surface area (Å²) < 4.78 is 10.9. The van der Waals surface area contributed by atoms with Crippen LogP contribution in [0.25, 0.3) is 11.0 Å². The molecule has 1 heterocycles. The third-order valence-corrected chi connectivity index (χ3v) is 3.86. The fourth-order valence-electron chi connectivity index (χ4n) is 2.40. The standard InChI is InChI=1S/C19H18O3/c1-12-4-6-16(7-5-12)22-19(20)10-15-11-21-18-9-14(3)13(2)8-17(15)18/h4-9,11H,10H2,1-3H3. The molecule has 0 saturated carbocycles. The Kier molecular flexibility index (Phi) is 3.72. The Labute approximate surface area is 129 Å². The quantitative estimate of drug-likeness (QED) is 0.527. The summed E-state index contributed by atoms with van der Waals surface area (Å²) in [6.07, 6.45) is 1.84. The van der Waals surface area contributed by atoms with E-state index in [9.17, 15) is 4.79 Å². The van der Waals surface area contributed by atoms with Gasteiger partial charge in [-0.1, -0.05) is 17.7 Å². The third kappa shape index (κ3) is 2.89. The van der Waals surface area contributed by atoms with Crippen LogP contribution >= 0.6 is 0 Å². The predicted octanol–water partition coefficient (Wildman–Crippen LogP) is 4.51. The molecule has 0 aliphatic rings. The Balaban J connectivity index is 1.79. The number of benzene rings is 2. The molecular formula is C19H18O3. The molecule has 3 heteroatoms. The van der Waals surface area contributed by atoms with Crippen molar-refractivity contribution in [3.8, 4) is 5.75 Å². The normalized spacial score (nSPS) is 10.9. The van der Waals surface area contributed by atoms with Crippen molar-refractivity contribution in [2.75, 3.05) is 0 Å². The molecule has 3 nitrogen and oxygen atoms in total. The first kappa shape index (κ1) is 14.4. The summed E-state index contributed by atoms with van der Waals surface area (Å²) in [4.78, 5) is 12.1. The van der Waals surface area contributed by atoms with E-state index in [4.69, 9.17) is 9.15 Å². The maximum absolute atomic E-state index is 12.1. The van der Waals surface area contributed by atoms with Crippen LogP contribution in [0.3, 0.4) is 0 Å². The molecule has 2 aromatic carbocycles. The highest BCUT2D eigenvalue weighted by Crippen LogP contribution is 2.25. The molecule has 0 saturated heterocycles. The van der Waals surface area contributed by atoms with E-state index in [1.807, 2.05) is 32.0 Å². The number of esters is 1. The van der Waals surface area contributed by atoms with Gasteiger partial charge in [-0.15, -0.1) is 0 Å². The van der Waals surface area contributed by atoms with Gasteiger partial charge in [0.05, 0.1) is 12.7 Å². The predicted molar refractivity (Wildman–Crippen MR) is 86.2 cm³/mol. The summed E-state index contributed by atoms with van der Waals surface area (Å²) in [6, 6.07) is 11.5. The Bertz CT molecular complexity index is 826. The highest BCUT2D eigenvalue weighted by atomic mass is 16.5. The topological polar surface area (TPSA) is 39.4 Å². The number of furan rings is 1. The van der Waals surface area contributed by atoms with Gasteiger partial charge in [-0.2, -0.15) is 0 Å². The van der Waals surface area contributed by atoms with E-state index in [0.29, 0.717) is 5.75 Å². The van der Waals surface area contributed by atoms with Crippen LogP contribution in [-0.2, 0) is 11.2 Å². The largest absolute Gasteiger partial charge is 0.464 e. The number of hydrogen-bond acceptors (Lipinski definition) is 3. The van der Waals surface area contributed by atoms with Crippen LogP contribution in [0.5, 0.6) is 5.75 Å². The van der Waals surface area contributed by atoms with Crippen molar-refractivity contribution >= 4 is 16.9 Å². The lowest BCUT2D eigenvalue weighted by molar-refractivity contribution is -0.133. The van der Waals surface area contributed by atoms with Crippen LogP contribution < -0.4 is 4.74 Å². The number of hydrogen-bond donors (Lipinski definition) is 0. The van der Waals surface area contributed by atoms with Crippen LogP contribution in [0.15, 0.2) is 47.1 Å². The first-order chi connectivity index (χ1) is 10.5. The molecule has 0 aliphatic heterocycles. The minimum atomic E-state index is -0.287. The second-order valence-electron chi connectivity index (χ2n) is 5.66. The minimum Gasteiger partial charge on any atom is -0.464 e. The number of rotatable bonds is 3.